The molecular formula is C89H129N23O19S. The molecule has 3 fully saturated rings. The summed E-state index contributed by atoms with van der Waals surface area (Å²) in [4.78, 5) is 259. The summed E-state index contributed by atoms with van der Waals surface area (Å²) in [6.45, 7) is 5.97. The number of thioether (sulfide) groups is 1. The highest BCUT2D eigenvalue weighted by Gasteiger charge is 2.48. The number of rotatable bonds is 25. The number of para-hydroxylation sites is 2. The van der Waals surface area contributed by atoms with Crippen molar-refractivity contribution < 1.29 is 91.7 Å². The molecule has 132 heavy (non-hydrogen) atoms. The van der Waals surface area contributed by atoms with E-state index in [0.717, 1.165) is 31.4 Å². The van der Waals surface area contributed by atoms with Crippen molar-refractivity contribution in [3.8, 4) is 0 Å². The number of guanidine groups is 1. The normalized spacial score (nSPS) is 25.6. The van der Waals surface area contributed by atoms with Crippen LogP contribution in [0.5, 0.6) is 0 Å². The summed E-state index contributed by atoms with van der Waals surface area (Å²) in [7, 11) is 3.93. The van der Waals surface area contributed by atoms with Crippen LogP contribution in [0.25, 0.3) is 21.8 Å². The van der Waals surface area contributed by atoms with Crippen LogP contribution in [0.4, 0.5) is 5.69 Å². The standard InChI is InChI=1S/C89H129N23O19S/c1-9-11-24-69-83(126)101-60(23-17-31-96-89(94)95)79(122)108-68(78(121)99-43-73(93)116)45-132-46-74(117)100-63(34-49-27-29-52(91)30-28-49)85(128)109(6)48(5)76(119)104-65(39-72(92)115)87(130)112-32-18-26-70(112)84(127)106-66(40-90)81(124)102-61(33-47(3)4)75(118)56-37-53(114)38-57(56)77(120)103-62(35-50-41-97-58-21-15-13-19-54(50)58)80(123)107-67(44-113)82(125)105-64(36-51-42-98-59-22-16-14-20-55(51)59)86(129)111(8)71(25-12-10-2)88(131)110(69)7/h13-16,19-22,27-30,41-42,47-48,53,56-57,60-71,97-98,113-114H,9-12,17-18,23-26,31-40,43-46,90-91H2,1-8H3,(H2,92,115)(H2,93,116)(H,99,121)(H,100,117)(H,101,126)(H,102,124)(H,103,120)(H,104,119)(H,105,125)(H,106,127)(H,107,123)(H,108,122)(H4,94,95,96)/t48-,53-,56?,57+,60-,61-,62-,63-,64-,65-,66-,67-,68-,69-,70?,71-/m0/s1. The number of hydrogen-bond acceptors (Lipinski definition) is 23. The third kappa shape index (κ3) is 29.1. The van der Waals surface area contributed by atoms with E-state index < -0.39 is 240 Å². The molecule has 16 amide bonds. The number of nitrogen functional groups attached to an aromatic ring is 1. The van der Waals surface area contributed by atoms with Gasteiger partial charge in [0, 0.05) is 112 Å². The number of carbonyl (C=O) groups is 17. The van der Waals surface area contributed by atoms with Gasteiger partial charge in [-0.05, 0) is 112 Å². The molecule has 16 atom stereocenters. The molecule has 2 unspecified atom stereocenters. The number of carbonyl (C=O) groups excluding carboxylic acids is 17. The van der Waals surface area contributed by atoms with Gasteiger partial charge in [0.25, 0.3) is 0 Å². The van der Waals surface area contributed by atoms with Gasteiger partial charge in [0.05, 0.1) is 43.4 Å². The number of fused-ring (bicyclic) bond motifs is 4. The first kappa shape index (κ1) is 105. The molecule has 1 saturated carbocycles. The van der Waals surface area contributed by atoms with Crippen LogP contribution in [-0.4, -0.2) is 296 Å². The van der Waals surface area contributed by atoms with Crippen LogP contribution in [0.2, 0.25) is 0 Å². The number of aliphatic hydroxyl groups excluding tert-OH is 2. The van der Waals surface area contributed by atoms with E-state index in [-0.39, 0.29) is 96.1 Å². The third-order valence-electron chi connectivity index (χ3n) is 24.0. The predicted octanol–water partition coefficient (Wildman–Crippen LogP) is -3.06. The van der Waals surface area contributed by atoms with E-state index >= 15 is 33.6 Å². The van der Waals surface area contributed by atoms with Crippen molar-refractivity contribution in [1.82, 2.24) is 88.1 Å². The molecule has 3 aliphatic rings. The Hall–Kier alpha value is -12.8. The minimum atomic E-state index is -1.88. The molecule has 2 saturated heterocycles. The Morgan fingerprint density at radius 2 is 1.08 bits per heavy atom. The fraction of sp³-hybridized carbons (Fsp3) is 0.551. The SMILES string of the molecule is CCCC[C@H]1C(=O)N(C)[C@@H](CCCC)C(=O)N[C@@H](CCCNC(=N)N)C(=O)N[C@H](C(=O)NCC(N)=O)CSCC(=O)N[C@@H](Cc2ccc(N)cc2)C(=O)N(C)[C@@H](C)C(=O)N[C@@H](CC(N)=O)C(=O)N2CCCC2C(=O)N[C@@H](CN)C(=O)N[C@@H](CC(C)C)C(=O)C2C[C@H](O)C[C@H]2C(=O)N[C@@H](Cc2c[nH]c3ccccc23)C(=O)N[C@@H](CO)C(=O)N[C@@H](Cc2c[nH]c3ccccc23)C(=O)N1C. The molecule has 0 radical (unpaired) electrons. The Morgan fingerprint density at radius 1 is 0.553 bits per heavy atom. The summed E-state index contributed by atoms with van der Waals surface area (Å²) in [5.41, 5.74) is 32.1. The number of ketones is 1. The van der Waals surface area contributed by atoms with E-state index in [1.54, 1.807) is 99.0 Å². The summed E-state index contributed by atoms with van der Waals surface area (Å²) in [6.07, 6.45) is 1.37. The number of H-pyrrole nitrogens is 2. The highest BCUT2D eigenvalue weighted by Crippen LogP contribution is 2.36. The van der Waals surface area contributed by atoms with Crippen LogP contribution >= 0.6 is 11.8 Å². The van der Waals surface area contributed by atoms with Gasteiger partial charge >= 0.3 is 0 Å². The summed E-state index contributed by atoms with van der Waals surface area (Å²) < 4.78 is 0. The number of nitrogens with one attached hydrogen (secondary N) is 14. The van der Waals surface area contributed by atoms with Crippen molar-refractivity contribution in [2.75, 3.05) is 71.2 Å². The predicted molar refractivity (Wildman–Crippen MR) is 490 cm³/mol. The first-order chi connectivity index (χ1) is 62.8. The minimum Gasteiger partial charge on any atom is -0.399 e. The number of hydrogen-bond donors (Lipinski definition) is 21. The zero-order valence-corrected chi connectivity index (χ0v) is 76.6. The Bertz CT molecular complexity index is 4950. The number of aromatic amines is 2. The van der Waals surface area contributed by atoms with Gasteiger partial charge < -0.3 is 127 Å². The van der Waals surface area contributed by atoms with Gasteiger partial charge in [-0.25, -0.2) is 0 Å². The van der Waals surface area contributed by atoms with Gasteiger partial charge in [-0.15, -0.1) is 11.8 Å². The number of nitrogens with zero attached hydrogens (tertiary/aromatic N) is 4. The molecule has 0 spiro atoms. The van der Waals surface area contributed by atoms with Crippen LogP contribution in [-0.2, 0) is 101 Å². The number of Topliss-reactive ketones (excluding diaryl/α,β-unsaturated/α-hetero) is 1. The highest BCUT2D eigenvalue weighted by atomic mass is 32.2. The van der Waals surface area contributed by atoms with Gasteiger partial charge in [0.15, 0.2) is 11.7 Å². The van der Waals surface area contributed by atoms with E-state index in [0.29, 0.717) is 69.9 Å². The lowest BCUT2D eigenvalue weighted by molar-refractivity contribution is -0.149. The first-order valence-corrected chi connectivity index (χ1v) is 45.7. The highest BCUT2D eigenvalue weighted by molar-refractivity contribution is 8.00. The van der Waals surface area contributed by atoms with Crippen LogP contribution in [0, 0.1) is 23.2 Å². The number of aromatic nitrogens is 2. The van der Waals surface area contributed by atoms with Crippen LogP contribution < -0.4 is 87.2 Å². The summed E-state index contributed by atoms with van der Waals surface area (Å²) >= 11 is 0.777. The molecule has 42 nitrogen and oxygen atoms in total. The second kappa shape index (κ2) is 50.0. The molecule has 0 bridgehead atoms. The molecule has 43 heteroatoms. The topological polar surface area (TPSA) is 661 Å². The number of unbranched alkanes of at least 4 members (excludes halogenated alkanes) is 2. The van der Waals surface area contributed by atoms with Crippen molar-refractivity contribution in [3.05, 3.63) is 102 Å². The number of benzene rings is 3. The van der Waals surface area contributed by atoms with Gasteiger partial charge in [-0.1, -0.05) is 102 Å². The molecule has 4 heterocycles. The van der Waals surface area contributed by atoms with Crippen LogP contribution in [0.3, 0.4) is 0 Å². The molecule has 5 aromatic rings. The van der Waals surface area contributed by atoms with Gasteiger partial charge in [0.2, 0.25) is 94.5 Å². The Balaban J connectivity index is 1.19. The Kier molecular flexibility index (Phi) is 39.6. The van der Waals surface area contributed by atoms with E-state index in [1.807, 2.05) is 13.8 Å². The van der Waals surface area contributed by atoms with E-state index in [1.165, 1.54) is 28.1 Å². The van der Waals surface area contributed by atoms with Gasteiger partial charge in [0.1, 0.15) is 72.5 Å². The van der Waals surface area contributed by atoms with Crippen LogP contribution in [0.1, 0.15) is 141 Å². The lowest BCUT2D eigenvalue weighted by Crippen LogP contribution is -2.61. The fourth-order valence-corrected chi connectivity index (χ4v) is 17.5. The average Bonchev–Trinajstić information content (AvgIpc) is 1.60. The molecule has 2 aromatic heterocycles. The largest absolute Gasteiger partial charge is 0.399 e. The average molecular weight is 1860 g/mol. The molecule has 720 valence electrons. The number of nitrogens with two attached hydrogens (primary N) is 5. The van der Waals surface area contributed by atoms with Crippen LogP contribution in [0.15, 0.2) is 85.2 Å². The maximum Gasteiger partial charge on any atom is 0.246 e. The number of amides is 16. The Morgan fingerprint density at radius 3 is 1.68 bits per heavy atom. The minimum absolute atomic E-state index is 0.00492. The maximum absolute atomic E-state index is 15.7. The second-order valence-corrected chi connectivity index (χ2v) is 35.4. The Labute approximate surface area is 769 Å². The summed E-state index contributed by atoms with van der Waals surface area (Å²) in [5, 5.41) is 60.6. The molecular weight excluding hydrogens is 1730 g/mol. The maximum atomic E-state index is 15.7. The third-order valence-corrected chi connectivity index (χ3v) is 25.1. The zero-order chi connectivity index (χ0) is 96.9. The second-order valence-electron chi connectivity index (χ2n) is 34.4. The molecule has 8 rings (SSSR count). The quantitative estimate of drug-likeness (QED) is 0.0119. The fourth-order valence-electron chi connectivity index (χ4n) is 16.6. The number of primary amides is 2. The lowest BCUT2D eigenvalue weighted by atomic mass is 9.84. The summed E-state index contributed by atoms with van der Waals surface area (Å²) in [6, 6.07) is 0.288. The lowest BCUT2D eigenvalue weighted by Gasteiger charge is -2.36. The summed E-state index contributed by atoms with van der Waals surface area (Å²) in [5.74, 6) is -20.2. The number of anilines is 1. The molecule has 26 N–H and O–H groups in total. The smallest absolute Gasteiger partial charge is 0.246 e. The van der Waals surface area contributed by atoms with Crippen molar-refractivity contribution >= 4 is 146 Å². The van der Waals surface area contributed by atoms with Crippen molar-refractivity contribution in [1.29, 1.82) is 5.41 Å². The first-order valence-electron chi connectivity index (χ1n) is 44.6. The molecule has 3 aromatic carbocycles. The molecule has 1 aliphatic carbocycles. The van der Waals surface area contributed by atoms with Gasteiger partial charge in [-0.3, -0.25) is 86.9 Å². The van der Waals surface area contributed by atoms with E-state index in [2.05, 4.69) is 68.5 Å². The zero-order valence-electron chi connectivity index (χ0n) is 75.8. The van der Waals surface area contributed by atoms with E-state index in [9.17, 15) is 58.2 Å². The molecule has 2 aliphatic heterocycles. The van der Waals surface area contributed by atoms with Gasteiger partial charge in [-0.2, -0.15) is 0 Å². The number of likely N-dealkylation sites (N-methyl/N-ethyl adjacent to an activating group) is 3. The van der Waals surface area contributed by atoms with Crippen molar-refractivity contribution in [2.24, 2.45) is 40.7 Å². The van der Waals surface area contributed by atoms with Crippen molar-refractivity contribution in [3.63, 3.8) is 0 Å². The number of aliphatic hydroxyl groups is 2. The monoisotopic (exact) mass is 1860 g/mol. The van der Waals surface area contributed by atoms with Crippen molar-refractivity contribution in [2.45, 2.75) is 228 Å². The van der Waals surface area contributed by atoms with E-state index in [4.69, 9.17) is 34.1 Å².